The molecule has 0 radical (unpaired) electrons. The third-order valence-electron chi connectivity index (χ3n) is 5.60. The van der Waals surface area contributed by atoms with Crippen LogP contribution in [-0.4, -0.2) is 26.6 Å². The number of amides is 2. The molecule has 4 rings (SSSR count). The van der Waals surface area contributed by atoms with Crippen LogP contribution in [0.15, 0.2) is 41.8 Å². The average molecular weight is 456 g/mol. The van der Waals surface area contributed by atoms with Gasteiger partial charge in [-0.25, -0.2) is 0 Å². The molecule has 3 N–H and O–H groups in total. The summed E-state index contributed by atoms with van der Waals surface area (Å²) in [6.45, 7) is 2.16. The van der Waals surface area contributed by atoms with Crippen molar-refractivity contribution in [3.8, 4) is 10.7 Å². The fourth-order valence-electron chi connectivity index (χ4n) is 3.89. The molecular weight excluding hydrogens is 430 g/mol. The van der Waals surface area contributed by atoms with Gasteiger partial charge >= 0.3 is 0 Å². The average Bonchev–Trinajstić information content (AvgIpc) is 3.53. The highest BCUT2D eigenvalue weighted by Crippen LogP contribution is 2.27. The predicted molar refractivity (Wildman–Crippen MR) is 124 cm³/mol. The Morgan fingerprint density at radius 3 is 2.84 bits per heavy atom. The molecule has 1 aliphatic carbocycles. The van der Waals surface area contributed by atoms with Gasteiger partial charge < -0.3 is 10.6 Å². The molecule has 0 saturated heterocycles. The van der Waals surface area contributed by atoms with Crippen molar-refractivity contribution in [2.24, 2.45) is 5.92 Å². The van der Waals surface area contributed by atoms with Crippen molar-refractivity contribution >= 4 is 41.1 Å². The Hall–Kier alpha value is -2.78. The number of thiophene rings is 1. The highest BCUT2D eigenvalue weighted by Gasteiger charge is 2.23. The number of carbonyl (C=O) groups excluding carboxylic acids is 2. The maximum atomic E-state index is 12.8. The van der Waals surface area contributed by atoms with Crippen LogP contribution in [0.1, 0.15) is 44.2 Å². The van der Waals surface area contributed by atoms with E-state index in [0.717, 1.165) is 41.8 Å². The Bertz CT molecular complexity index is 1110. The molecule has 31 heavy (non-hydrogen) atoms. The fraction of sp³-hybridized carbons (Fsp3) is 0.364. The second kappa shape index (κ2) is 9.57. The van der Waals surface area contributed by atoms with Crippen LogP contribution in [-0.2, 0) is 16.1 Å². The van der Waals surface area contributed by atoms with Gasteiger partial charge in [-0.2, -0.15) is 5.10 Å². The number of hydrogen-bond acceptors (Lipinski definition) is 5. The second-order valence-electron chi connectivity index (χ2n) is 7.76. The zero-order chi connectivity index (χ0) is 21.8. The third kappa shape index (κ3) is 4.94. The van der Waals surface area contributed by atoms with E-state index in [1.807, 2.05) is 41.8 Å². The van der Waals surface area contributed by atoms with Crippen LogP contribution in [0.5, 0.6) is 0 Å². The lowest BCUT2D eigenvalue weighted by Gasteiger charge is -2.16. The van der Waals surface area contributed by atoms with Crippen LogP contribution in [0, 0.1) is 10.7 Å². The van der Waals surface area contributed by atoms with Gasteiger partial charge in [0.15, 0.2) is 10.6 Å². The largest absolute Gasteiger partial charge is 0.350 e. The first kappa shape index (κ1) is 21.5. The molecule has 1 saturated carbocycles. The van der Waals surface area contributed by atoms with Crippen LogP contribution >= 0.6 is 23.6 Å². The van der Waals surface area contributed by atoms with Gasteiger partial charge in [-0.15, -0.1) is 11.3 Å². The molecule has 2 amide bonds. The molecule has 7 nitrogen and oxygen atoms in total. The van der Waals surface area contributed by atoms with Gasteiger partial charge in [-0.05, 0) is 61.1 Å². The van der Waals surface area contributed by atoms with Crippen LogP contribution < -0.4 is 10.6 Å². The lowest BCUT2D eigenvalue weighted by Crippen LogP contribution is -2.31. The van der Waals surface area contributed by atoms with Crippen LogP contribution in [0.2, 0.25) is 0 Å². The number of nitrogens with one attached hydrogen (secondary N) is 3. The summed E-state index contributed by atoms with van der Waals surface area (Å²) in [6.07, 6.45) is 4.17. The van der Waals surface area contributed by atoms with Crippen LogP contribution in [0.3, 0.4) is 0 Å². The van der Waals surface area contributed by atoms with E-state index in [9.17, 15) is 9.59 Å². The van der Waals surface area contributed by atoms with Gasteiger partial charge in [0, 0.05) is 18.2 Å². The van der Waals surface area contributed by atoms with Crippen molar-refractivity contribution in [2.45, 2.75) is 45.2 Å². The molecule has 1 atom stereocenters. The number of H-pyrrole nitrogens is 1. The minimum absolute atomic E-state index is 0.0859. The number of hydrogen-bond donors (Lipinski definition) is 3. The minimum atomic E-state index is -0.520. The van der Waals surface area contributed by atoms with E-state index in [-0.39, 0.29) is 17.7 Å². The van der Waals surface area contributed by atoms with E-state index >= 15 is 0 Å². The summed E-state index contributed by atoms with van der Waals surface area (Å²) in [5, 5.41) is 15.0. The Morgan fingerprint density at radius 1 is 1.29 bits per heavy atom. The second-order valence-corrected chi connectivity index (χ2v) is 9.10. The number of carbonyl (C=O) groups is 2. The first-order chi connectivity index (χ1) is 15.0. The van der Waals surface area contributed by atoms with Gasteiger partial charge in [-0.1, -0.05) is 31.0 Å². The van der Waals surface area contributed by atoms with Gasteiger partial charge in [-0.3, -0.25) is 19.3 Å². The standard InChI is InChI=1S/C22H25N5O2S2/c1-14(27-19(25-26-22(27)30)18-10-5-11-31-18)20(28)23-13-15-6-4-9-17(12-15)24-21(29)16-7-2-3-8-16/h4-6,9-12,14,16H,2-3,7-8,13H2,1H3,(H,23,28)(H,24,29)(H,26,30). The monoisotopic (exact) mass is 455 g/mol. The summed E-state index contributed by atoms with van der Waals surface area (Å²) in [6, 6.07) is 11.0. The molecule has 0 aliphatic heterocycles. The van der Waals surface area contributed by atoms with Crippen molar-refractivity contribution in [2.75, 3.05) is 5.32 Å². The molecule has 162 valence electrons. The molecular formula is C22H25N5O2S2. The number of nitrogens with zero attached hydrogens (tertiary/aromatic N) is 2. The maximum Gasteiger partial charge on any atom is 0.243 e. The van der Waals surface area contributed by atoms with Crippen LogP contribution in [0.25, 0.3) is 10.7 Å². The Kier molecular flexibility index (Phi) is 6.62. The lowest BCUT2D eigenvalue weighted by molar-refractivity contribution is -0.124. The van der Waals surface area contributed by atoms with E-state index in [2.05, 4.69) is 20.8 Å². The molecule has 3 aromatic rings. The molecule has 0 spiro atoms. The smallest absolute Gasteiger partial charge is 0.243 e. The quantitative estimate of drug-likeness (QED) is 0.451. The Morgan fingerprint density at radius 2 is 2.10 bits per heavy atom. The normalized spacial score (nSPS) is 15.0. The van der Waals surface area contributed by atoms with E-state index in [1.165, 1.54) is 0 Å². The van der Waals surface area contributed by atoms with E-state index in [1.54, 1.807) is 22.8 Å². The third-order valence-corrected chi connectivity index (χ3v) is 6.75. The Labute approximate surface area is 189 Å². The lowest BCUT2D eigenvalue weighted by atomic mass is 10.1. The minimum Gasteiger partial charge on any atom is -0.350 e. The number of benzene rings is 1. The van der Waals surface area contributed by atoms with Crippen molar-refractivity contribution < 1.29 is 9.59 Å². The zero-order valence-electron chi connectivity index (χ0n) is 17.3. The molecule has 1 aliphatic rings. The van der Waals surface area contributed by atoms with E-state index < -0.39 is 6.04 Å². The van der Waals surface area contributed by atoms with Crippen molar-refractivity contribution in [3.05, 3.63) is 52.1 Å². The maximum absolute atomic E-state index is 12.8. The topological polar surface area (TPSA) is 91.8 Å². The SMILES string of the molecule is CC(C(=O)NCc1cccc(NC(=O)C2CCCC2)c1)n1c(-c2cccs2)n[nH]c1=S. The first-order valence-electron chi connectivity index (χ1n) is 10.4. The molecule has 1 fully saturated rings. The summed E-state index contributed by atoms with van der Waals surface area (Å²) >= 11 is 6.89. The fourth-order valence-corrected chi connectivity index (χ4v) is 4.89. The van der Waals surface area contributed by atoms with Gasteiger partial charge in [0.2, 0.25) is 11.8 Å². The van der Waals surface area contributed by atoms with Gasteiger partial charge in [0.1, 0.15) is 6.04 Å². The van der Waals surface area contributed by atoms with Crippen molar-refractivity contribution in [3.63, 3.8) is 0 Å². The number of anilines is 1. The summed E-state index contributed by atoms with van der Waals surface area (Å²) in [5.74, 6) is 0.694. The summed E-state index contributed by atoms with van der Waals surface area (Å²) in [4.78, 5) is 26.2. The predicted octanol–water partition coefficient (Wildman–Crippen LogP) is 4.68. The van der Waals surface area contributed by atoms with Crippen LogP contribution in [0.4, 0.5) is 5.69 Å². The molecule has 0 bridgehead atoms. The number of aromatic nitrogens is 3. The highest BCUT2D eigenvalue weighted by atomic mass is 32.1. The highest BCUT2D eigenvalue weighted by molar-refractivity contribution is 7.71. The first-order valence-corrected chi connectivity index (χ1v) is 11.7. The van der Waals surface area contributed by atoms with Crippen molar-refractivity contribution in [1.82, 2.24) is 20.1 Å². The Balaban J connectivity index is 1.40. The van der Waals surface area contributed by atoms with E-state index in [0.29, 0.717) is 17.1 Å². The zero-order valence-corrected chi connectivity index (χ0v) is 18.9. The number of rotatable bonds is 7. The number of aromatic amines is 1. The summed E-state index contributed by atoms with van der Waals surface area (Å²) in [5.41, 5.74) is 1.67. The molecule has 2 aromatic heterocycles. The molecule has 1 unspecified atom stereocenters. The van der Waals surface area contributed by atoms with Crippen molar-refractivity contribution in [1.29, 1.82) is 0 Å². The summed E-state index contributed by atoms with van der Waals surface area (Å²) in [7, 11) is 0. The van der Waals surface area contributed by atoms with Gasteiger partial charge in [0.25, 0.3) is 0 Å². The molecule has 2 heterocycles. The summed E-state index contributed by atoms with van der Waals surface area (Å²) < 4.78 is 2.14. The van der Waals surface area contributed by atoms with E-state index in [4.69, 9.17) is 12.2 Å². The van der Waals surface area contributed by atoms with Gasteiger partial charge in [0.05, 0.1) is 4.88 Å². The molecule has 1 aromatic carbocycles. The molecule has 9 heteroatoms.